The summed E-state index contributed by atoms with van der Waals surface area (Å²) in [6.07, 6.45) is 1.35. The minimum atomic E-state index is -3.98. The van der Waals surface area contributed by atoms with E-state index in [1.54, 1.807) is 0 Å². The molecule has 0 aromatic heterocycles. The van der Waals surface area contributed by atoms with E-state index < -0.39 is 27.5 Å². The van der Waals surface area contributed by atoms with Crippen LogP contribution in [-0.4, -0.2) is 37.5 Å². The van der Waals surface area contributed by atoms with E-state index in [9.17, 15) is 17.2 Å². The first-order valence-electron chi connectivity index (χ1n) is 6.37. The zero-order valence-electron chi connectivity index (χ0n) is 11.0. The van der Waals surface area contributed by atoms with Crippen molar-refractivity contribution >= 4 is 31.8 Å². The first kappa shape index (κ1) is 16.6. The molecule has 5 nitrogen and oxygen atoms in total. The second-order valence-electron chi connectivity index (χ2n) is 4.90. The van der Waals surface area contributed by atoms with Crippen LogP contribution in [0.5, 0.6) is 0 Å². The summed E-state index contributed by atoms with van der Waals surface area (Å²) in [6, 6.07) is 1.64. The largest absolute Gasteiger partial charge is 0.396 e. The third-order valence-electron chi connectivity index (χ3n) is 3.33. The number of nitrogens with zero attached hydrogens (tertiary/aromatic N) is 1. The van der Waals surface area contributed by atoms with Crippen LogP contribution in [0.3, 0.4) is 0 Å². The molecule has 0 aliphatic carbocycles. The Morgan fingerprint density at radius 1 is 1.38 bits per heavy atom. The number of halogens is 3. The van der Waals surface area contributed by atoms with E-state index in [2.05, 4.69) is 15.9 Å². The molecule has 1 aromatic carbocycles. The van der Waals surface area contributed by atoms with Crippen LogP contribution < -0.4 is 4.72 Å². The Morgan fingerprint density at radius 3 is 2.76 bits per heavy atom. The molecule has 1 fully saturated rings. The molecule has 1 saturated heterocycles. The summed E-state index contributed by atoms with van der Waals surface area (Å²) in [5.41, 5.74) is -0.443. The van der Waals surface area contributed by atoms with Gasteiger partial charge >= 0.3 is 10.2 Å². The quantitative estimate of drug-likeness (QED) is 0.780. The Bertz CT molecular complexity index is 627. The van der Waals surface area contributed by atoms with Gasteiger partial charge in [-0.15, -0.1) is 0 Å². The van der Waals surface area contributed by atoms with Crippen LogP contribution in [0.2, 0.25) is 0 Å². The van der Waals surface area contributed by atoms with Gasteiger partial charge in [-0.25, -0.2) is 8.78 Å². The van der Waals surface area contributed by atoms with Gasteiger partial charge in [-0.3, -0.25) is 4.72 Å². The van der Waals surface area contributed by atoms with Crippen LogP contribution >= 0.6 is 15.9 Å². The van der Waals surface area contributed by atoms with Crippen LogP contribution in [0.1, 0.15) is 12.8 Å². The van der Waals surface area contributed by atoms with Crippen molar-refractivity contribution in [2.45, 2.75) is 12.8 Å². The maximum absolute atomic E-state index is 13.7. The predicted octanol–water partition coefficient (Wildman–Crippen LogP) is 2.09. The highest BCUT2D eigenvalue weighted by Gasteiger charge is 2.29. The Balaban J connectivity index is 2.19. The van der Waals surface area contributed by atoms with Crippen LogP contribution in [0.25, 0.3) is 0 Å². The summed E-state index contributed by atoms with van der Waals surface area (Å²) in [5, 5.41) is 9.12. The fraction of sp³-hybridized carbons (Fsp3) is 0.500. The molecule has 1 aliphatic heterocycles. The molecule has 0 saturated carbocycles. The number of piperidine rings is 1. The molecule has 118 valence electrons. The highest BCUT2D eigenvalue weighted by molar-refractivity contribution is 9.10. The van der Waals surface area contributed by atoms with Gasteiger partial charge in [-0.2, -0.15) is 12.7 Å². The fourth-order valence-corrected chi connectivity index (χ4v) is 3.85. The maximum Gasteiger partial charge on any atom is 0.301 e. The van der Waals surface area contributed by atoms with Gasteiger partial charge < -0.3 is 5.11 Å². The van der Waals surface area contributed by atoms with Crippen LogP contribution in [0.4, 0.5) is 14.5 Å². The lowest BCUT2D eigenvalue weighted by molar-refractivity contribution is 0.166. The van der Waals surface area contributed by atoms with Gasteiger partial charge in [0.15, 0.2) is 0 Å². The summed E-state index contributed by atoms with van der Waals surface area (Å²) >= 11 is 2.82. The van der Waals surface area contributed by atoms with E-state index in [4.69, 9.17) is 5.11 Å². The molecule has 9 heteroatoms. The zero-order valence-corrected chi connectivity index (χ0v) is 13.4. The minimum absolute atomic E-state index is 0.0822. The molecule has 0 bridgehead atoms. The van der Waals surface area contributed by atoms with Crippen molar-refractivity contribution in [3.63, 3.8) is 0 Å². The second-order valence-corrected chi connectivity index (χ2v) is 7.43. The van der Waals surface area contributed by atoms with Crippen molar-refractivity contribution in [1.82, 2.24) is 4.31 Å². The van der Waals surface area contributed by atoms with Crippen molar-refractivity contribution in [2.24, 2.45) is 5.92 Å². The second kappa shape index (κ2) is 6.55. The molecular formula is C12H15BrF2N2O3S. The normalized spacial score (nSPS) is 20.5. The van der Waals surface area contributed by atoms with Gasteiger partial charge in [0, 0.05) is 25.8 Å². The SMILES string of the molecule is O=S(=O)(Nc1cc(F)c(Br)cc1F)N1CCCC(CO)C1. The molecule has 2 N–H and O–H groups in total. The molecule has 21 heavy (non-hydrogen) atoms. The maximum atomic E-state index is 13.7. The van der Waals surface area contributed by atoms with E-state index in [1.807, 2.05) is 4.72 Å². The van der Waals surface area contributed by atoms with Crippen molar-refractivity contribution in [3.05, 3.63) is 28.2 Å². The van der Waals surface area contributed by atoms with Crippen molar-refractivity contribution in [2.75, 3.05) is 24.4 Å². The van der Waals surface area contributed by atoms with Crippen molar-refractivity contribution < 1.29 is 22.3 Å². The van der Waals surface area contributed by atoms with Crippen molar-refractivity contribution in [3.8, 4) is 0 Å². The summed E-state index contributed by atoms with van der Waals surface area (Å²) in [6.45, 7) is 0.340. The first-order chi connectivity index (χ1) is 9.83. The summed E-state index contributed by atoms with van der Waals surface area (Å²) in [7, 11) is -3.98. The summed E-state index contributed by atoms with van der Waals surface area (Å²) < 4.78 is 54.6. The highest BCUT2D eigenvalue weighted by atomic mass is 79.9. The molecule has 0 spiro atoms. The summed E-state index contributed by atoms with van der Waals surface area (Å²) in [4.78, 5) is 0. The first-order valence-corrected chi connectivity index (χ1v) is 8.60. The fourth-order valence-electron chi connectivity index (χ4n) is 2.20. The van der Waals surface area contributed by atoms with E-state index in [-0.39, 0.29) is 30.1 Å². The third kappa shape index (κ3) is 3.91. The van der Waals surface area contributed by atoms with E-state index in [1.165, 1.54) is 0 Å². The zero-order chi connectivity index (χ0) is 15.6. The Labute approximate surface area is 130 Å². The number of hydrogen-bond donors (Lipinski definition) is 2. The van der Waals surface area contributed by atoms with Crippen LogP contribution in [0, 0.1) is 17.6 Å². The average molecular weight is 385 g/mol. The smallest absolute Gasteiger partial charge is 0.301 e. The van der Waals surface area contributed by atoms with Gasteiger partial charge in [-0.05, 0) is 40.8 Å². The molecule has 1 aromatic rings. The number of rotatable bonds is 4. The van der Waals surface area contributed by atoms with Crippen molar-refractivity contribution in [1.29, 1.82) is 0 Å². The molecule has 1 aliphatic rings. The molecule has 1 unspecified atom stereocenters. The van der Waals surface area contributed by atoms with Gasteiger partial charge in [0.1, 0.15) is 11.6 Å². The lowest BCUT2D eigenvalue weighted by atomic mass is 10.0. The number of hydrogen-bond acceptors (Lipinski definition) is 3. The molecular weight excluding hydrogens is 370 g/mol. The van der Waals surface area contributed by atoms with E-state index in [0.29, 0.717) is 6.42 Å². The minimum Gasteiger partial charge on any atom is -0.396 e. The molecule has 0 amide bonds. The Kier molecular flexibility index (Phi) is 5.18. The number of anilines is 1. The summed E-state index contributed by atoms with van der Waals surface area (Å²) in [5.74, 6) is -1.77. The molecule has 2 rings (SSSR count). The predicted molar refractivity (Wildman–Crippen MR) is 78.0 cm³/mol. The number of benzene rings is 1. The monoisotopic (exact) mass is 384 g/mol. The number of aliphatic hydroxyl groups is 1. The van der Waals surface area contributed by atoms with Gasteiger partial charge in [0.05, 0.1) is 10.2 Å². The number of aliphatic hydroxyl groups excluding tert-OH is 1. The molecule has 1 atom stereocenters. The standard InChI is InChI=1S/C12H15BrF2N2O3S/c13-9-4-11(15)12(5-10(9)14)16-21(19,20)17-3-1-2-8(6-17)7-18/h4-5,8,16,18H,1-3,6-7H2. The van der Waals surface area contributed by atoms with Crippen LogP contribution in [0.15, 0.2) is 16.6 Å². The van der Waals surface area contributed by atoms with Gasteiger partial charge in [0.2, 0.25) is 0 Å². The van der Waals surface area contributed by atoms with Gasteiger partial charge in [-0.1, -0.05) is 0 Å². The highest BCUT2D eigenvalue weighted by Crippen LogP contribution is 2.26. The lowest BCUT2D eigenvalue weighted by Gasteiger charge is -2.31. The van der Waals surface area contributed by atoms with E-state index >= 15 is 0 Å². The van der Waals surface area contributed by atoms with Gasteiger partial charge in [0.25, 0.3) is 0 Å². The number of nitrogens with one attached hydrogen (secondary N) is 1. The molecule has 1 heterocycles. The van der Waals surface area contributed by atoms with E-state index in [0.717, 1.165) is 22.9 Å². The topological polar surface area (TPSA) is 69.6 Å². The Morgan fingerprint density at radius 2 is 2.10 bits per heavy atom. The van der Waals surface area contributed by atoms with Crippen LogP contribution in [-0.2, 0) is 10.2 Å². The third-order valence-corrected chi connectivity index (χ3v) is 5.43. The average Bonchev–Trinajstić information content (AvgIpc) is 2.44. The molecule has 0 radical (unpaired) electrons. The lowest BCUT2D eigenvalue weighted by Crippen LogP contribution is -2.43. The Hall–Kier alpha value is -0.770.